The van der Waals surface area contributed by atoms with Crippen LogP contribution >= 0.6 is 0 Å². The summed E-state index contributed by atoms with van der Waals surface area (Å²) in [5, 5.41) is 0. The van der Waals surface area contributed by atoms with Crippen molar-refractivity contribution >= 4 is 15.5 Å². The number of halogens is 1. The summed E-state index contributed by atoms with van der Waals surface area (Å²) in [6.07, 6.45) is 2.98. The second-order valence-corrected chi connectivity index (χ2v) is 5.76. The highest BCUT2D eigenvalue weighted by Gasteiger charge is 2.19. The molecule has 0 aliphatic carbocycles. The van der Waals surface area contributed by atoms with Gasteiger partial charge in [0.2, 0.25) is 0 Å². The molecule has 6 heteroatoms. The van der Waals surface area contributed by atoms with Gasteiger partial charge in [-0.25, -0.2) is 12.8 Å². The van der Waals surface area contributed by atoms with E-state index in [9.17, 15) is 12.8 Å². The smallest absolute Gasteiger partial charge is 0.185 e. The van der Waals surface area contributed by atoms with E-state index in [0.717, 1.165) is 6.07 Å². The molecule has 0 radical (unpaired) electrons. The number of aromatic nitrogens is 1. The van der Waals surface area contributed by atoms with Gasteiger partial charge in [-0.15, -0.1) is 0 Å². The van der Waals surface area contributed by atoms with Crippen LogP contribution in [0, 0.1) is 5.82 Å². The molecule has 0 bridgehead atoms. The molecule has 2 aromatic rings. The lowest BCUT2D eigenvalue weighted by Gasteiger charge is -2.06. The first-order valence-corrected chi connectivity index (χ1v) is 6.81. The molecular weight excluding hydrogens is 255 g/mol. The number of nitrogens with two attached hydrogens (primary N) is 1. The van der Waals surface area contributed by atoms with Crippen molar-refractivity contribution in [1.29, 1.82) is 0 Å². The van der Waals surface area contributed by atoms with Crippen molar-refractivity contribution in [3.05, 3.63) is 54.1 Å². The summed E-state index contributed by atoms with van der Waals surface area (Å²) in [5.74, 6) is -1.10. The van der Waals surface area contributed by atoms with Crippen LogP contribution in [0.4, 0.5) is 10.1 Å². The Kier molecular flexibility index (Phi) is 3.29. The van der Waals surface area contributed by atoms with Crippen LogP contribution in [0.25, 0.3) is 0 Å². The summed E-state index contributed by atoms with van der Waals surface area (Å²) < 4.78 is 37.6. The Bertz CT molecular complexity index is 657. The highest BCUT2D eigenvalue weighted by Crippen LogP contribution is 2.21. The zero-order chi connectivity index (χ0) is 13.2. The van der Waals surface area contributed by atoms with E-state index < -0.39 is 15.7 Å². The van der Waals surface area contributed by atoms with E-state index in [1.807, 2.05) is 0 Å². The molecule has 1 aromatic carbocycles. The molecule has 0 aliphatic heterocycles. The van der Waals surface area contributed by atoms with E-state index in [1.54, 1.807) is 12.1 Å². The monoisotopic (exact) mass is 266 g/mol. The van der Waals surface area contributed by atoms with Crippen molar-refractivity contribution in [3.8, 4) is 0 Å². The normalized spacial score (nSPS) is 11.4. The third kappa shape index (κ3) is 2.65. The van der Waals surface area contributed by atoms with E-state index >= 15 is 0 Å². The van der Waals surface area contributed by atoms with Crippen molar-refractivity contribution in [3.63, 3.8) is 0 Å². The summed E-state index contributed by atoms with van der Waals surface area (Å²) in [4.78, 5) is 3.45. The maximum Gasteiger partial charge on any atom is 0.185 e. The minimum atomic E-state index is -3.72. The van der Waals surface area contributed by atoms with Crippen molar-refractivity contribution in [1.82, 2.24) is 4.98 Å². The molecule has 0 atom stereocenters. The van der Waals surface area contributed by atoms with Crippen LogP contribution in [0.5, 0.6) is 0 Å². The predicted molar refractivity (Wildman–Crippen MR) is 65.9 cm³/mol. The highest BCUT2D eigenvalue weighted by atomic mass is 32.2. The van der Waals surface area contributed by atoms with Crippen molar-refractivity contribution < 1.29 is 12.8 Å². The molecule has 2 N–H and O–H groups in total. The maximum atomic E-state index is 13.6. The van der Waals surface area contributed by atoms with Crippen LogP contribution in [0.15, 0.2) is 47.6 Å². The highest BCUT2D eigenvalue weighted by molar-refractivity contribution is 7.90. The lowest BCUT2D eigenvalue weighted by atomic mass is 10.3. The number of hydrogen-bond acceptors (Lipinski definition) is 4. The van der Waals surface area contributed by atoms with Crippen LogP contribution in [-0.2, 0) is 15.6 Å². The SMILES string of the molecule is Nc1ccc(S(=O)(=O)Cc2ccncc2)c(F)c1. The number of anilines is 1. The van der Waals surface area contributed by atoms with Crippen molar-refractivity contribution in [2.24, 2.45) is 0 Å². The molecule has 2 rings (SSSR count). The Balaban J connectivity index is 2.37. The van der Waals surface area contributed by atoms with Gasteiger partial charge in [0.15, 0.2) is 9.84 Å². The van der Waals surface area contributed by atoms with Gasteiger partial charge >= 0.3 is 0 Å². The average molecular weight is 266 g/mol. The lowest BCUT2D eigenvalue weighted by Crippen LogP contribution is -2.07. The van der Waals surface area contributed by atoms with Gasteiger partial charge in [0.25, 0.3) is 0 Å². The summed E-state index contributed by atoms with van der Waals surface area (Å²) in [6, 6.07) is 6.70. The fourth-order valence-electron chi connectivity index (χ4n) is 1.55. The van der Waals surface area contributed by atoms with E-state index in [2.05, 4.69) is 4.98 Å². The summed E-state index contributed by atoms with van der Waals surface area (Å²) in [7, 11) is -3.72. The summed E-state index contributed by atoms with van der Waals surface area (Å²) >= 11 is 0. The minimum absolute atomic E-state index is 0.190. The third-order valence-corrected chi connectivity index (χ3v) is 4.11. The Labute approximate surface area is 104 Å². The van der Waals surface area contributed by atoms with Crippen LogP contribution in [-0.4, -0.2) is 13.4 Å². The van der Waals surface area contributed by atoms with Crippen LogP contribution in [0.2, 0.25) is 0 Å². The molecule has 4 nitrogen and oxygen atoms in total. The Morgan fingerprint density at radius 3 is 2.44 bits per heavy atom. The largest absolute Gasteiger partial charge is 0.399 e. The molecule has 18 heavy (non-hydrogen) atoms. The zero-order valence-corrected chi connectivity index (χ0v) is 10.2. The molecule has 94 valence electrons. The zero-order valence-electron chi connectivity index (χ0n) is 9.38. The summed E-state index contributed by atoms with van der Waals surface area (Å²) in [5.41, 5.74) is 6.13. The topological polar surface area (TPSA) is 73.1 Å². The second kappa shape index (κ2) is 4.73. The van der Waals surface area contributed by atoms with E-state index in [-0.39, 0.29) is 16.3 Å². The maximum absolute atomic E-state index is 13.6. The van der Waals surface area contributed by atoms with Gasteiger partial charge in [-0.2, -0.15) is 0 Å². The van der Waals surface area contributed by atoms with Gasteiger partial charge in [0.1, 0.15) is 10.7 Å². The van der Waals surface area contributed by atoms with Crippen molar-refractivity contribution in [2.45, 2.75) is 10.6 Å². The van der Waals surface area contributed by atoms with E-state index in [0.29, 0.717) is 5.56 Å². The molecule has 0 saturated heterocycles. The predicted octanol–water partition coefficient (Wildman–Crippen LogP) is 1.78. The number of rotatable bonds is 3. The molecule has 0 amide bonds. The fourth-order valence-corrected chi connectivity index (χ4v) is 2.96. The number of hydrogen-bond donors (Lipinski definition) is 1. The molecule has 0 fully saturated rings. The van der Waals surface area contributed by atoms with Gasteiger partial charge in [-0.3, -0.25) is 4.98 Å². The lowest BCUT2D eigenvalue weighted by molar-refractivity contribution is 0.567. The van der Waals surface area contributed by atoms with E-state index in [4.69, 9.17) is 5.73 Å². The number of nitrogen functional groups attached to an aromatic ring is 1. The number of benzene rings is 1. The summed E-state index contributed by atoms with van der Waals surface area (Å²) in [6.45, 7) is 0. The Hall–Kier alpha value is -1.95. The quantitative estimate of drug-likeness (QED) is 0.859. The van der Waals surface area contributed by atoms with Gasteiger partial charge in [0.05, 0.1) is 5.75 Å². The first-order valence-electron chi connectivity index (χ1n) is 5.16. The molecular formula is C12H11FN2O2S. The molecule has 0 aliphatic rings. The Morgan fingerprint density at radius 2 is 1.83 bits per heavy atom. The van der Waals surface area contributed by atoms with Gasteiger partial charge in [-0.05, 0) is 35.9 Å². The first kappa shape index (κ1) is 12.5. The number of pyridine rings is 1. The van der Waals surface area contributed by atoms with Crippen molar-refractivity contribution in [2.75, 3.05) is 5.73 Å². The van der Waals surface area contributed by atoms with Crippen LogP contribution in [0.3, 0.4) is 0 Å². The minimum Gasteiger partial charge on any atom is -0.399 e. The second-order valence-electron chi connectivity index (χ2n) is 3.80. The Morgan fingerprint density at radius 1 is 1.17 bits per heavy atom. The molecule has 1 heterocycles. The van der Waals surface area contributed by atoms with Crippen LogP contribution < -0.4 is 5.73 Å². The van der Waals surface area contributed by atoms with Crippen LogP contribution in [0.1, 0.15) is 5.56 Å². The molecule has 0 saturated carbocycles. The van der Waals surface area contributed by atoms with E-state index in [1.165, 1.54) is 24.5 Å². The number of nitrogens with zero attached hydrogens (tertiary/aromatic N) is 1. The standard InChI is InChI=1S/C12H11FN2O2S/c13-11-7-10(14)1-2-12(11)18(16,17)8-9-3-5-15-6-4-9/h1-7H,8,14H2. The molecule has 0 unspecified atom stereocenters. The average Bonchev–Trinajstić information content (AvgIpc) is 2.29. The number of sulfone groups is 1. The van der Waals surface area contributed by atoms with Gasteiger partial charge in [-0.1, -0.05) is 0 Å². The fraction of sp³-hybridized carbons (Fsp3) is 0.0833. The first-order chi connectivity index (χ1) is 8.49. The molecule has 1 aromatic heterocycles. The third-order valence-electron chi connectivity index (χ3n) is 2.40. The van der Waals surface area contributed by atoms with Gasteiger partial charge in [0, 0.05) is 18.1 Å². The molecule has 0 spiro atoms. The van der Waals surface area contributed by atoms with Gasteiger partial charge < -0.3 is 5.73 Å².